The van der Waals surface area contributed by atoms with Gasteiger partial charge in [-0.2, -0.15) is 0 Å². The Balaban J connectivity index is 0.000000211. The van der Waals surface area contributed by atoms with Gasteiger partial charge in [-0.25, -0.2) is 4.98 Å². The van der Waals surface area contributed by atoms with Gasteiger partial charge in [0.1, 0.15) is 11.6 Å². The summed E-state index contributed by atoms with van der Waals surface area (Å²) in [5.41, 5.74) is 6.65. The van der Waals surface area contributed by atoms with Crippen LogP contribution in [0.4, 0.5) is 0 Å². The van der Waals surface area contributed by atoms with Crippen molar-refractivity contribution in [1.82, 2.24) is 14.5 Å². The monoisotopic (exact) mass is 669 g/mol. The van der Waals surface area contributed by atoms with Gasteiger partial charge in [0, 0.05) is 44.7 Å². The first-order valence-corrected chi connectivity index (χ1v) is 12.5. The van der Waals surface area contributed by atoms with Crippen molar-refractivity contribution in [1.29, 1.82) is 0 Å². The van der Waals surface area contributed by atoms with E-state index in [9.17, 15) is 5.11 Å². The molecule has 0 bridgehead atoms. The number of pyridine rings is 1. The third-order valence-electron chi connectivity index (χ3n) is 6.23. The number of aromatic nitrogens is 3. The molecule has 1 radical (unpaired) electrons. The Bertz CT molecular complexity index is 1470. The van der Waals surface area contributed by atoms with Gasteiger partial charge in [-0.05, 0) is 60.0 Å². The van der Waals surface area contributed by atoms with Crippen LogP contribution in [0.3, 0.4) is 0 Å². The Morgan fingerprint density at radius 2 is 1.62 bits per heavy atom. The predicted molar refractivity (Wildman–Crippen MR) is 149 cm³/mol. The van der Waals surface area contributed by atoms with Crippen molar-refractivity contribution >= 4 is 10.8 Å². The summed E-state index contributed by atoms with van der Waals surface area (Å²) in [4.78, 5) is 8.87. The summed E-state index contributed by atoms with van der Waals surface area (Å²) in [5.74, 6) is 1.62. The SMILES string of the molecule is CC(C)n1ccnc1-c1ccccc1O.Cc1[c-]c(-c2nccc3cc(C(C)C)ccc23)cc(C)c1.[Ir]. The van der Waals surface area contributed by atoms with E-state index in [0.717, 1.165) is 28.2 Å². The number of para-hydroxylation sites is 1. The summed E-state index contributed by atoms with van der Waals surface area (Å²) in [6.45, 7) is 12.8. The largest absolute Gasteiger partial charge is 0.507 e. The number of aromatic hydroxyl groups is 1. The minimum absolute atomic E-state index is 0. The molecule has 5 aromatic rings. The molecule has 0 unspecified atom stereocenters. The molecule has 0 saturated heterocycles. The third-order valence-corrected chi connectivity index (χ3v) is 6.23. The maximum Gasteiger partial charge on any atom is 0.143 e. The molecule has 37 heavy (non-hydrogen) atoms. The molecule has 0 aliphatic carbocycles. The number of rotatable bonds is 4. The Labute approximate surface area is 233 Å². The average molecular weight is 669 g/mol. The second-order valence-electron chi connectivity index (χ2n) is 9.82. The van der Waals surface area contributed by atoms with E-state index in [0.29, 0.717) is 12.0 Å². The molecule has 2 heterocycles. The molecule has 0 fully saturated rings. The molecule has 0 spiro atoms. The molecule has 5 heteroatoms. The quantitative estimate of drug-likeness (QED) is 0.196. The van der Waals surface area contributed by atoms with Crippen LogP contribution < -0.4 is 0 Å². The van der Waals surface area contributed by atoms with Crippen molar-refractivity contribution in [3.05, 3.63) is 102 Å². The van der Waals surface area contributed by atoms with E-state index in [1.165, 1.54) is 21.9 Å². The standard InChI is InChI=1S/C20H20N.C12H14N2O.Ir/c1-13(2)16-5-6-19-17(12-16)7-8-21-20(19)18-10-14(3)9-15(4)11-18;1-9(2)14-8-7-13-12(14)10-5-3-4-6-11(10)15;/h5-10,12-13H,1-4H3;3-9,15H,1-2H3;/q-1;;. The van der Waals surface area contributed by atoms with Crippen LogP contribution in [0.15, 0.2) is 79.3 Å². The number of phenolic OH excluding ortho intramolecular Hbond substituents is 1. The number of imidazole rings is 1. The van der Waals surface area contributed by atoms with Gasteiger partial charge in [-0.3, -0.25) is 0 Å². The molecule has 0 aliphatic rings. The summed E-state index contributed by atoms with van der Waals surface area (Å²) in [6, 6.07) is 24.1. The molecule has 0 saturated carbocycles. The average Bonchev–Trinajstić information content (AvgIpc) is 3.33. The van der Waals surface area contributed by atoms with Crippen LogP contribution in [0.2, 0.25) is 0 Å². The number of nitrogens with zero attached hydrogens (tertiary/aromatic N) is 3. The van der Waals surface area contributed by atoms with E-state index in [1.54, 1.807) is 12.3 Å². The molecule has 193 valence electrons. The van der Waals surface area contributed by atoms with Crippen molar-refractivity contribution in [3.8, 4) is 28.4 Å². The van der Waals surface area contributed by atoms with Crippen LogP contribution in [-0.4, -0.2) is 19.6 Å². The molecule has 0 amide bonds. The van der Waals surface area contributed by atoms with Gasteiger partial charge in [0.2, 0.25) is 0 Å². The number of benzene rings is 3. The van der Waals surface area contributed by atoms with Crippen LogP contribution in [0.1, 0.15) is 56.3 Å². The Morgan fingerprint density at radius 3 is 2.30 bits per heavy atom. The van der Waals surface area contributed by atoms with E-state index >= 15 is 0 Å². The smallest absolute Gasteiger partial charge is 0.143 e. The predicted octanol–water partition coefficient (Wildman–Crippen LogP) is 8.28. The Morgan fingerprint density at radius 1 is 0.865 bits per heavy atom. The summed E-state index contributed by atoms with van der Waals surface area (Å²) >= 11 is 0. The molecule has 3 aromatic carbocycles. The van der Waals surface area contributed by atoms with Gasteiger partial charge >= 0.3 is 0 Å². The number of fused-ring (bicyclic) bond motifs is 1. The topological polar surface area (TPSA) is 50.9 Å². The number of hydrogen-bond acceptors (Lipinski definition) is 3. The van der Waals surface area contributed by atoms with Gasteiger partial charge < -0.3 is 14.7 Å². The zero-order chi connectivity index (χ0) is 25.8. The third kappa shape index (κ3) is 6.54. The minimum atomic E-state index is 0. The summed E-state index contributed by atoms with van der Waals surface area (Å²) in [6.07, 6.45) is 5.57. The zero-order valence-corrected chi connectivity index (χ0v) is 24.7. The van der Waals surface area contributed by atoms with Crippen molar-refractivity contribution in [3.63, 3.8) is 0 Å². The first kappa shape index (κ1) is 28.3. The van der Waals surface area contributed by atoms with E-state index in [-0.39, 0.29) is 25.9 Å². The van der Waals surface area contributed by atoms with Gasteiger partial charge in [-0.1, -0.05) is 58.0 Å². The summed E-state index contributed by atoms with van der Waals surface area (Å²) in [7, 11) is 0. The fraction of sp³-hybridized carbons (Fsp3) is 0.250. The number of phenols is 1. The Hall–Kier alpha value is -3.27. The minimum Gasteiger partial charge on any atom is -0.507 e. The molecular formula is C32H34IrN3O-. The maximum absolute atomic E-state index is 9.74. The fourth-order valence-corrected chi connectivity index (χ4v) is 4.39. The van der Waals surface area contributed by atoms with Gasteiger partial charge in [0.15, 0.2) is 0 Å². The van der Waals surface area contributed by atoms with Crippen molar-refractivity contribution in [2.45, 2.75) is 53.5 Å². The van der Waals surface area contributed by atoms with E-state index < -0.39 is 0 Å². The van der Waals surface area contributed by atoms with E-state index in [4.69, 9.17) is 0 Å². The van der Waals surface area contributed by atoms with E-state index in [2.05, 4.69) is 94.0 Å². The fourth-order valence-electron chi connectivity index (χ4n) is 4.39. The number of hydrogen-bond donors (Lipinski definition) is 1. The normalized spacial score (nSPS) is 10.8. The Kier molecular flexibility index (Phi) is 9.42. The second kappa shape index (κ2) is 12.3. The molecule has 0 aliphatic heterocycles. The van der Waals surface area contributed by atoms with Gasteiger partial charge in [0.05, 0.1) is 5.56 Å². The van der Waals surface area contributed by atoms with Gasteiger partial charge in [0.25, 0.3) is 0 Å². The molecule has 0 atom stereocenters. The molecule has 4 nitrogen and oxygen atoms in total. The second-order valence-corrected chi connectivity index (χ2v) is 9.82. The molecule has 1 N–H and O–H groups in total. The number of aryl methyl sites for hydroxylation is 2. The summed E-state index contributed by atoms with van der Waals surface area (Å²) in [5, 5.41) is 12.2. The van der Waals surface area contributed by atoms with Crippen LogP contribution >= 0.6 is 0 Å². The maximum atomic E-state index is 9.74. The van der Waals surface area contributed by atoms with Crippen LogP contribution in [0.5, 0.6) is 5.75 Å². The van der Waals surface area contributed by atoms with Crippen molar-refractivity contribution in [2.24, 2.45) is 0 Å². The van der Waals surface area contributed by atoms with Crippen LogP contribution in [0, 0.1) is 19.9 Å². The summed E-state index contributed by atoms with van der Waals surface area (Å²) < 4.78 is 2.04. The van der Waals surface area contributed by atoms with Crippen LogP contribution in [-0.2, 0) is 20.1 Å². The van der Waals surface area contributed by atoms with E-state index in [1.807, 2.05) is 35.2 Å². The molecule has 5 rings (SSSR count). The molecular weight excluding hydrogens is 635 g/mol. The van der Waals surface area contributed by atoms with Crippen molar-refractivity contribution in [2.75, 3.05) is 0 Å². The van der Waals surface area contributed by atoms with Crippen molar-refractivity contribution < 1.29 is 25.2 Å². The first-order chi connectivity index (χ1) is 17.2. The zero-order valence-electron chi connectivity index (χ0n) is 22.3. The van der Waals surface area contributed by atoms with Gasteiger partial charge in [-0.15, -0.1) is 34.9 Å². The first-order valence-electron chi connectivity index (χ1n) is 12.5. The molecule has 2 aromatic heterocycles. The van der Waals surface area contributed by atoms with Crippen LogP contribution in [0.25, 0.3) is 33.4 Å².